The highest BCUT2D eigenvalue weighted by molar-refractivity contribution is 5.97. The van der Waals surface area contributed by atoms with Gasteiger partial charge in [0.1, 0.15) is 0 Å². The predicted octanol–water partition coefficient (Wildman–Crippen LogP) is 3.23. The summed E-state index contributed by atoms with van der Waals surface area (Å²) < 4.78 is 5.47. The Morgan fingerprint density at radius 1 is 1.10 bits per heavy atom. The van der Waals surface area contributed by atoms with E-state index < -0.39 is 0 Å². The van der Waals surface area contributed by atoms with Gasteiger partial charge in [0.25, 0.3) is 0 Å². The zero-order chi connectivity index (χ0) is 14.6. The maximum Gasteiger partial charge on any atom is 0.176 e. The molecule has 1 rings (SSSR count). The molecule has 1 aromatic carbocycles. The van der Waals surface area contributed by atoms with Gasteiger partial charge in [-0.2, -0.15) is 0 Å². The van der Waals surface area contributed by atoms with E-state index in [2.05, 4.69) is 19.2 Å². The van der Waals surface area contributed by atoms with Gasteiger partial charge >= 0.3 is 0 Å². The Labute approximate surface area is 122 Å². The van der Waals surface area contributed by atoms with Crippen LogP contribution in [0.4, 0.5) is 0 Å². The highest BCUT2D eigenvalue weighted by Gasteiger charge is 2.04. The number of ketones is 1. The molecule has 0 bridgehead atoms. The SMILES string of the molecule is CCCCOCCCNCC(=O)c1ccc(CC)cc1. The fourth-order valence-corrected chi connectivity index (χ4v) is 1.88. The van der Waals surface area contributed by atoms with Crippen molar-refractivity contribution in [3.05, 3.63) is 35.4 Å². The van der Waals surface area contributed by atoms with Crippen molar-refractivity contribution in [2.24, 2.45) is 0 Å². The molecule has 20 heavy (non-hydrogen) atoms. The van der Waals surface area contributed by atoms with Gasteiger partial charge in [0.15, 0.2) is 5.78 Å². The number of ether oxygens (including phenoxy) is 1. The predicted molar refractivity (Wildman–Crippen MR) is 83.4 cm³/mol. The van der Waals surface area contributed by atoms with Crippen molar-refractivity contribution in [2.75, 3.05) is 26.3 Å². The molecule has 0 heterocycles. The van der Waals surface area contributed by atoms with E-state index in [9.17, 15) is 4.79 Å². The summed E-state index contributed by atoms with van der Waals surface area (Å²) in [5.74, 6) is 0.152. The van der Waals surface area contributed by atoms with Crippen molar-refractivity contribution >= 4 is 5.78 Å². The number of hydrogen-bond donors (Lipinski definition) is 1. The lowest BCUT2D eigenvalue weighted by molar-refractivity contribution is 0.0986. The molecule has 0 radical (unpaired) electrons. The Hall–Kier alpha value is -1.19. The second-order valence-electron chi connectivity index (χ2n) is 4.97. The van der Waals surface area contributed by atoms with E-state index in [1.54, 1.807) is 0 Å². The van der Waals surface area contributed by atoms with Gasteiger partial charge in [-0.15, -0.1) is 0 Å². The molecule has 0 fully saturated rings. The Morgan fingerprint density at radius 3 is 2.45 bits per heavy atom. The molecule has 0 unspecified atom stereocenters. The van der Waals surface area contributed by atoms with Crippen LogP contribution in [0.5, 0.6) is 0 Å². The summed E-state index contributed by atoms with van der Waals surface area (Å²) in [7, 11) is 0. The molecule has 0 spiro atoms. The second-order valence-corrected chi connectivity index (χ2v) is 4.97. The Balaban J connectivity index is 2.10. The maximum atomic E-state index is 11.9. The first-order valence-corrected chi connectivity index (χ1v) is 7.68. The van der Waals surface area contributed by atoms with Gasteiger partial charge < -0.3 is 10.1 Å². The summed E-state index contributed by atoms with van der Waals surface area (Å²) in [6, 6.07) is 7.87. The number of carbonyl (C=O) groups is 1. The second kappa shape index (κ2) is 10.6. The quantitative estimate of drug-likeness (QED) is 0.498. The molecule has 0 aliphatic heterocycles. The first kappa shape index (κ1) is 16.9. The van der Waals surface area contributed by atoms with Crippen LogP contribution in [0.1, 0.15) is 49.0 Å². The highest BCUT2D eigenvalue weighted by Crippen LogP contribution is 2.05. The molecule has 0 aliphatic carbocycles. The summed E-state index contributed by atoms with van der Waals surface area (Å²) in [6.45, 7) is 7.11. The Bertz CT molecular complexity index is 373. The van der Waals surface area contributed by atoms with Crippen LogP contribution >= 0.6 is 0 Å². The van der Waals surface area contributed by atoms with E-state index in [0.717, 1.165) is 44.6 Å². The van der Waals surface area contributed by atoms with E-state index in [0.29, 0.717) is 6.54 Å². The maximum absolute atomic E-state index is 11.9. The summed E-state index contributed by atoms with van der Waals surface area (Å²) in [4.78, 5) is 11.9. The first-order chi connectivity index (χ1) is 9.77. The van der Waals surface area contributed by atoms with Crippen LogP contribution in [0.3, 0.4) is 0 Å². The normalized spacial score (nSPS) is 10.7. The zero-order valence-electron chi connectivity index (χ0n) is 12.8. The third kappa shape index (κ3) is 6.83. The number of carbonyl (C=O) groups excluding carboxylic acids is 1. The van der Waals surface area contributed by atoms with E-state index in [4.69, 9.17) is 4.74 Å². The topological polar surface area (TPSA) is 38.3 Å². The van der Waals surface area contributed by atoms with Crippen molar-refractivity contribution in [3.8, 4) is 0 Å². The van der Waals surface area contributed by atoms with E-state index >= 15 is 0 Å². The van der Waals surface area contributed by atoms with Crippen molar-refractivity contribution in [2.45, 2.75) is 39.5 Å². The molecule has 0 aliphatic rings. The smallest absolute Gasteiger partial charge is 0.176 e. The third-order valence-electron chi connectivity index (χ3n) is 3.25. The third-order valence-corrected chi connectivity index (χ3v) is 3.25. The average Bonchev–Trinajstić information content (AvgIpc) is 2.50. The summed E-state index contributed by atoms with van der Waals surface area (Å²) in [5, 5.41) is 3.17. The number of nitrogens with one attached hydrogen (secondary N) is 1. The number of Topliss-reactive ketones (excluding diaryl/α,β-unsaturated/α-hetero) is 1. The minimum absolute atomic E-state index is 0.152. The van der Waals surface area contributed by atoms with Gasteiger partial charge in [0.05, 0.1) is 6.54 Å². The fourth-order valence-electron chi connectivity index (χ4n) is 1.88. The Morgan fingerprint density at radius 2 is 1.80 bits per heavy atom. The van der Waals surface area contributed by atoms with Crippen molar-refractivity contribution in [3.63, 3.8) is 0 Å². The van der Waals surface area contributed by atoms with E-state index in [1.807, 2.05) is 24.3 Å². The number of unbranched alkanes of at least 4 members (excludes halogenated alkanes) is 1. The molecule has 0 aromatic heterocycles. The van der Waals surface area contributed by atoms with Crippen LogP contribution in [-0.4, -0.2) is 32.1 Å². The molecule has 1 aromatic rings. The largest absolute Gasteiger partial charge is 0.381 e. The van der Waals surface area contributed by atoms with E-state index in [1.165, 1.54) is 12.0 Å². The molecule has 0 amide bonds. The zero-order valence-corrected chi connectivity index (χ0v) is 12.8. The molecule has 0 atom stereocenters. The van der Waals surface area contributed by atoms with Gasteiger partial charge in [-0.25, -0.2) is 0 Å². The molecule has 3 heteroatoms. The molecule has 1 N–H and O–H groups in total. The lowest BCUT2D eigenvalue weighted by Gasteiger charge is -2.06. The van der Waals surface area contributed by atoms with Crippen LogP contribution in [-0.2, 0) is 11.2 Å². The molecule has 3 nitrogen and oxygen atoms in total. The molecule has 112 valence electrons. The first-order valence-electron chi connectivity index (χ1n) is 7.68. The van der Waals surface area contributed by atoms with Gasteiger partial charge in [-0.05, 0) is 31.4 Å². The van der Waals surface area contributed by atoms with Crippen LogP contribution < -0.4 is 5.32 Å². The average molecular weight is 277 g/mol. The lowest BCUT2D eigenvalue weighted by atomic mass is 10.1. The molecule has 0 saturated heterocycles. The van der Waals surface area contributed by atoms with Gasteiger partial charge in [0, 0.05) is 18.8 Å². The molecular weight excluding hydrogens is 250 g/mol. The summed E-state index contributed by atoms with van der Waals surface area (Å²) >= 11 is 0. The monoisotopic (exact) mass is 277 g/mol. The van der Waals surface area contributed by atoms with Crippen molar-refractivity contribution < 1.29 is 9.53 Å². The van der Waals surface area contributed by atoms with Crippen LogP contribution in [0.15, 0.2) is 24.3 Å². The number of aryl methyl sites for hydroxylation is 1. The van der Waals surface area contributed by atoms with Gasteiger partial charge in [0.2, 0.25) is 0 Å². The van der Waals surface area contributed by atoms with E-state index in [-0.39, 0.29) is 5.78 Å². The minimum Gasteiger partial charge on any atom is -0.381 e. The fraction of sp³-hybridized carbons (Fsp3) is 0.588. The summed E-state index contributed by atoms with van der Waals surface area (Å²) in [6.07, 6.45) is 4.25. The molecule has 0 saturated carbocycles. The van der Waals surface area contributed by atoms with Gasteiger partial charge in [-0.1, -0.05) is 44.5 Å². The van der Waals surface area contributed by atoms with Crippen molar-refractivity contribution in [1.29, 1.82) is 0 Å². The Kier molecular flexibility index (Phi) is 8.92. The van der Waals surface area contributed by atoms with Crippen molar-refractivity contribution in [1.82, 2.24) is 5.32 Å². The van der Waals surface area contributed by atoms with Crippen LogP contribution in [0.2, 0.25) is 0 Å². The lowest BCUT2D eigenvalue weighted by Crippen LogP contribution is -2.24. The number of hydrogen-bond acceptors (Lipinski definition) is 3. The number of rotatable bonds is 11. The molecular formula is C17H27NO2. The summed E-state index contributed by atoms with van der Waals surface area (Å²) in [5.41, 5.74) is 2.05. The number of benzene rings is 1. The minimum atomic E-state index is 0.152. The van der Waals surface area contributed by atoms with Gasteiger partial charge in [-0.3, -0.25) is 4.79 Å². The van der Waals surface area contributed by atoms with Crippen LogP contribution in [0.25, 0.3) is 0 Å². The van der Waals surface area contributed by atoms with Crippen LogP contribution in [0, 0.1) is 0 Å². The highest BCUT2D eigenvalue weighted by atomic mass is 16.5. The standard InChI is InChI=1S/C17H27NO2/c1-3-5-12-20-13-6-11-18-14-17(19)16-9-7-15(4-2)8-10-16/h7-10,18H,3-6,11-14H2,1-2H3.